The number of aromatic nitrogens is 2. The summed E-state index contributed by atoms with van der Waals surface area (Å²) in [6, 6.07) is 4.17. The molecule has 0 aliphatic heterocycles. The second kappa shape index (κ2) is 8.06. The molecule has 2 aromatic rings. The van der Waals surface area contributed by atoms with Gasteiger partial charge in [-0.15, -0.1) is 0 Å². The van der Waals surface area contributed by atoms with Crippen LogP contribution in [0.25, 0.3) is 0 Å². The first-order valence-electron chi connectivity index (χ1n) is 7.76. The normalized spacial score (nSPS) is 11.8. The Labute approximate surface area is 149 Å². The van der Waals surface area contributed by atoms with Gasteiger partial charge in [-0.25, -0.2) is 4.39 Å². The molecular formula is C17H20FN3O3S. The van der Waals surface area contributed by atoms with Gasteiger partial charge in [0.25, 0.3) is 5.56 Å². The number of amides is 1. The molecule has 1 amide bonds. The van der Waals surface area contributed by atoms with E-state index in [1.807, 2.05) is 0 Å². The molecule has 0 aliphatic rings. The molecule has 0 saturated carbocycles. The number of benzene rings is 1. The number of hydrogen-bond donors (Lipinski definition) is 3. The highest BCUT2D eigenvalue weighted by Crippen LogP contribution is 2.21. The van der Waals surface area contributed by atoms with Gasteiger partial charge in [0.05, 0.1) is 13.2 Å². The molecule has 0 fully saturated rings. The van der Waals surface area contributed by atoms with E-state index in [1.165, 1.54) is 19.2 Å². The molecule has 0 unspecified atom stereocenters. The van der Waals surface area contributed by atoms with Crippen LogP contribution in [0, 0.1) is 17.5 Å². The number of rotatable bonds is 6. The number of carbonyl (C=O) groups is 1. The van der Waals surface area contributed by atoms with E-state index in [0.29, 0.717) is 16.8 Å². The van der Waals surface area contributed by atoms with Gasteiger partial charge in [0.15, 0.2) is 16.3 Å². The standard InChI is InChI=1S/C17H20FN3O3S/c1-9(11-4-6-14(24-3)13(18)8-11)19-15(22)7-5-12-10(2)20-17(25)21-16(12)23/h4,6,8-9H,5,7H2,1-3H3,(H,19,22)(H2,20,21,23,25)/t9-/m0/s1. The molecule has 3 N–H and O–H groups in total. The number of carbonyl (C=O) groups excluding carboxylic acids is 1. The lowest BCUT2D eigenvalue weighted by atomic mass is 10.1. The van der Waals surface area contributed by atoms with Crippen molar-refractivity contribution >= 4 is 18.1 Å². The van der Waals surface area contributed by atoms with E-state index in [4.69, 9.17) is 17.0 Å². The minimum atomic E-state index is -0.484. The van der Waals surface area contributed by atoms with Crippen LogP contribution in [-0.4, -0.2) is 23.0 Å². The zero-order chi connectivity index (χ0) is 18.6. The van der Waals surface area contributed by atoms with Crippen LogP contribution in [0.3, 0.4) is 0 Å². The molecule has 0 aliphatic carbocycles. The zero-order valence-corrected chi connectivity index (χ0v) is 15.1. The van der Waals surface area contributed by atoms with Crippen molar-refractivity contribution < 1.29 is 13.9 Å². The average molecular weight is 365 g/mol. The lowest BCUT2D eigenvalue weighted by Gasteiger charge is -2.15. The number of methoxy groups -OCH3 is 1. The first-order valence-corrected chi connectivity index (χ1v) is 8.17. The maximum Gasteiger partial charge on any atom is 0.255 e. The summed E-state index contributed by atoms with van der Waals surface area (Å²) in [6.07, 6.45) is 0.417. The molecule has 8 heteroatoms. The Bertz CT molecular complexity index is 891. The summed E-state index contributed by atoms with van der Waals surface area (Å²) < 4.78 is 18.9. The van der Waals surface area contributed by atoms with Gasteiger partial charge in [-0.3, -0.25) is 14.6 Å². The number of ether oxygens (including phenoxy) is 1. The summed E-state index contributed by atoms with van der Waals surface area (Å²) >= 11 is 4.89. The Morgan fingerprint density at radius 2 is 2.12 bits per heavy atom. The van der Waals surface area contributed by atoms with Crippen LogP contribution in [0.5, 0.6) is 5.75 Å². The van der Waals surface area contributed by atoms with Crippen LogP contribution in [0.2, 0.25) is 0 Å². The number of aryl methyl sites for hydroxylation is 1. The van der Waals surface area contributed by atoms with Crippen LogP contribution in [0.4, 0.5) is 4.39 Å². The molecule has 134 valence electrons. The van der Waals surface area contributed by atoms with Crippen molar-refractivity contribution in [1.82, 2.24) is 15.3 Å². The fraction of sp³-hybridized carbons (Fsp3) is 0.353. The Morgan fingerprint density at radius 1 is 1.40 bits per heavy atom. The molecular weight excluding hydrogens is 345 g/mol. The van der Waals surface area contributed by atoms with Crippen molar-refractivity contribution in [2.24, 2.45) is 0 Å². The predicted octanol–water partition coefficient (Wildman–Crippen LogP) is 2.70. The second-order valence-electron chi connectivity index (χ2n) is 5.69. The number of H-pyrrole nitrogens is 2. The SMILES string of the molecule is COc1ccc([C@H](C)NC(=O)CCc2c(C)[nH]c(=S)[nH]c2=O)cc1F. The molecule has 25 heavy (non-hydrogen) atoms. The monoisotopic (exact) mass is 365 g/mol. The summed E-state index contributed by atoms with van der Waals surface area (Å²) in [5, 5.41) is 2.79. The second-order valence-corrected chi connectivity index (χ2v) is 6.10. The van der Waals surface area contributed by atoms with Crippen LogP contribution >= 0.6 is 12.2 Å². The van der Waals surface area contributed by atoms with Crippen LogP contribution < -0.4 is 15.6 Å². The average Bonchev–Trinajstić information content (AvgIpc) is 2.53. The van der Waals surface area contributed by atoms with Crippen LogP contribution in [0.15, 0.2) is 23.0 Å². The summed E-state index contributed by atoms with van der Waals surface area (Å²) in [7, 11) is 1.39. The Hall–Kier alpha value is -2.48. The summed E-state index contributed by atoms with van der Waals surface area (Å²) in [5.74, 6) is -0.564. The molecule has 1 atom stereocenters. The number of nitrogens with one attached hydrogen (secondary N) is 3. The lowest BCUT2D eigenvalue weighted by molar-refractivity contribution is -0.121. The lowest BCUT2D eigenvalue weighted by Crippen LogP contribution is -2.28. The third-order valence-corrected chi connectivity index (χ3v) is 4.11. The van der Waals surface area contributed by atoms with E-state index in [-0.39, 0.29) is 40.9 Å². The Balaban J connectivity index is 1.99. The van der Waals surface area contributed by atoms with E-state index < -0.39 is 5.82 Å². The molecule has 1 heterocycles. The molecule has 6 nitrogen and oxygen atoms in total. The van der Waals surface area contributed by atoms with Crippen molar-refractivity contribution in [3.63, 3.8) is 0 Å². The quantitative estimate of drug-likeness (QED) is 0.687. The maximum absolute atomic E-state index is 13.8. The highest BCUT2D eigenvalue weighted by atomic mass is 32.1. The third-order valence-electron chi connectivity index (χ3n) is 3.91. The zero-order valence-electron chi connectivity index (χ0n) is 14.2. The van der Waals surface area contributed by atoms with Gasteiger partial charge >= 0.3 is 0 Å². The van der Waals surface area contributed by atoms with Crippen LogP contribution in [-0.2, 0) is 11.2 Å². The van der Waals surface area contributed by atoms with Crippen molar-refractivity contribution in [2.45, 2.75) is 32.7 Å². The van der Waals surface area contributed by atoms with E-state index >= 15 is 0 Å². The highest BCUT2D eigenvalue weighted by molar-refractivity contribution is 7.71. The van der Waals surface area contributed by atoms with Gasteiger partial charge in [0.2, 0.25) is 5.91 Å². The van der Waals surface area contributed by atoms with Gasteiger partial charge in [0, 0.05) is 17.7 Å². The highest BCUT2D eigenvalue weighted by Gasteiger charge is 2.14. The molecule has 0 bridgehead atoms. The minimum absolute atomic E-state index is 0.136. The van der Waals surface area contributed by atoms with E-state index in [1.54, 1.807) is 19.9 Å². The van der Waals surface area contributed by atoms with E-state index in [0.717, 1.165) is 0 Å². The van der Waals surface area contributed by atoms with Crippen molar-refractivity contribution in [3.8, 4) is 5.75 Å². The molecule has 0 spiro atoms. The topological polar surface area (TPSA) is 87.0 Å². The number of hydrogen-bond acceptors (Lipinski definition) is 4. The van der Waals surface area contributed by atoms with Crippen molar-refractivity contribution in [2.75, 3.05) is 7.11 Å². The van der Waals surface area contributed by atoms with Gasteiger partial charge in [-0.1, -0.05) is 6.07 Å². The van der Waals surface area contributed by atoms with Gasteiger partial charge in [0.1, 0.15) is 0 Å². The Kier molecular flexibility index (Phi) is 6.08. The fourth-order valence-electron chi connectivity index (χ4n) is 2.51. The molecule has 0 saturated heterocycles. The Morgan fingerprint density at radius 3 is 2.72 bits per heavy atom. The predicted molar refractivity (Wildman–Crippen MR) is 94.8 cm³/mol. The third kappa shape index (κ3) is 4.76. The number of aromatic amines is 2. The van der Waals surface area contributed by atoms with Gasteiger partial charge in [-0.2, -0.15) is 0 Å². The van der Waals surface area contributed by atoms with E-state index in [2.05, 4.69) is 15.3 Å². The summed E-state index contributed by atoms with van der Waals surface area (Å²) in [4.78, 5) is 29.4. The molecule has 2 rings (SSSR count). The fourth-order valence-corrected chi connectivity index (χ4v) is 2.76. The first-order chi connectivity index (χ1) is 11.8. The maximum atomic E-state index is 13.8. The smallest absolute Gasteiger partial charge is 0.255 e. The van der Waals surface area contributed by atoms with Gasteiger partial charge < -0.3 is 15.0 Å². The van der Waals surface area contributed by atoms with Crippen molar-refractivity contribution in [1.29, 1.82) is 0 Å². The van der Waals surface area contributed by atoms with Gasteiger partial charge in [-0.05, 0) is 50.2 Å². The molecule has 1 aromatic heterocycles. The number of halogens is 1. The molecule has 1 aromatic carbocycles. The molecule has 0 radical (unpaired) electrons. The van der Waals surface area contributed by atoms with Crippen molar-refractivity contribution in [3.05, 3.63) is 56.0 Å². The minimum Gasteiger partial charge on any atom is -0.494 e. The van der Waals surface area contributed by atoms with E-state index in [9.17, 15) is 14.0 Å². The first kappa shape index (κ1) is 18.9. The summed E-state index contributed by atoms with van der Waals surface area (Å²) in [6.45, 7) is 3.50. The summed E-state index contributed by atoms with van der Waals surface area (Å²) in [5.41, 5.74) is 1.47. The van der Waals surface area contributed by atoms with Crippen LogP contribution in [0.1, 0.15) is 36.2 Å². The largest absolute Gasteiger partial charge is 0.494 e.